The molecule has 0 unspecified atom stereocenters. The molecule has 3 aromatic rings. The van der Waals surface area contributed by atoms with Crippen molar-refractivity contribution in [3.63, 3.8) is 0 Å². The van der Waals surface area contributed by atoms with Crippen LogP contribution >= 0.6 is 11.3 Å². The number of hydrogen-bond donors (Lipinski definition) is 0. The van der Waals surface area contributed by atoms with Gasteiger partial charge in [0.2, 0.25) is 0 Å². The van der Waals surface area contributed by atoms with Crippen LogP contribution in [0.25, 0.3) is 21.3 Å². The number of thiophene rings is 1. The average Bonchev–Trinajstić information content (AvgIpc) is 2.82. The summed E-state index contributed by atoms with van der Waals surface area (Å²) in [4.78, 5) is 5.72. The molecule has 0 amide bonds. The van der Waals surface area contributed by atoms with Gasteiger partial charge in [0.25, 0.3) is 0 Å². The maximum Gasteiger partial charge on any atom is 0.0788 e. The maximum absolute atomic E-state index is 4.44. The molecule has 0 saturated heterocycles. The molecule has 0 bridgehead atoms. The van der Waals surface area contributed by atoms with Crippen molar-refractivity contribution in [1.29, 1.82) is 0 Å². The minimum Gasteiger partial charge on any atom is -0.256 e. The van der Waals surface area contributed by atoms with Crippen LogP contribution in [0.4, 0.5) is 0 Å². The average molecular weight is 277 g/mol. The number of para-hydroxylation sites is 1. The zero-order chi connectivity index (χ0) is 10.1. The Hall–Kier alpha value is -1.05. The quantitative estimate of drug-likeness (QED) is 0.613. The third kappa shape index (κ3) is 1.93. The van der Waals surface area contributed by atoms with Gasteiger partial charge in [0, 0.05) is 41.5 Å². The second-order valence-electron chi connectivity index (χ2n) is 3.36. The topological polar surface area (TPSA) is 12.9 Å². The van der Waals surface area contributed by atoms with Crippen LogP contribution in [0.15, 0.2) is 54.0 Å². The number of aromatic nitrogens is 1. The van der Waals surface area contributed by atoms with Gasteiger partial charge in [0.15, 0.2) is 0 Å². The molecule has 0 radical (unpaired) electrons. The molecule has 0 atom stereocenters. The van der Waals surface area contributed by atoms with Crippen LogP contribution in [0.5, 0.6) is 0 Å². The van der Waals surface area contributed by atoms with E-state index in [4.69, 9.17) is 0 Å². The fourth-order valence-electron chi connectivity index (χ4n) is 1.73. The molecule has 16 heavy (non-hydrogen) atoms. The zero-order valence-corrected chi connectivity index (χ0v) is 12.5. The van der Waals surface area contributed by atoms with E-state index in [9.17, 15) is 0 Å². The second-order valence-corrected chi connectivity index (χ2v) is 4.31. The fraction of sp³-hybridized carbons (Fsp3) is 0. The molecule has 0 aliphatic rings. The first-order chi connectivity index (χ1) is 7.45. The van der Waals surface area contributed by atoms with E-state index in [0.717, 1.165) is 5.52 Å². The number of pyridine rings is 1. The fourth-order valence-corrected chi connectivity index (χ4v) is 2.49. The SMILES string of the molecule is [Zn].c1csc(-c2cccc3cccnc23)c1. The Labute approximate surface area is 111 Å². The number of rotatable bonds is 1. The summed E-state index contributed by atoms with van der Waals surface area (Å²) in [6.45, 7) is 0. The van der Waals surface area contributed by atoms with Gasteiger partial charge in [-0.05, 0) is 17.5 Å². The van der Waals surface area contributed by atoms with Crippen LogP contribution in [0.1, 0.15) is 0 Å². The Balaban J connectivity index is 0.000000963. The second kappa shape index (κ2) is 4.86. The van der Waals surface area contributed by atoms with Crippen LogP contribution in [-0.2, 0) is 19.5 Å². The van der Waals surface area contributed by atoms with Crippen molar-refractivity contribution < 1.29 is 19.5 Å². The summed E-state index contributed by atoms with van der Waals surface area (Å²) in [7, 11) is 0. The van der Waals surface area contributed by atoms with Crippen molar-refractivity contribution in [1.82, 2.24) is 4.98 Å². The molecule has 2 heterocycles. The Bertz CT molecular complexity index is 584. The Morgan fingerprint density at radius 1 is 0.938 bits per heavy atom. The van der Waals surface area contributed by atoms with Gasteiger partial charge >= 0.3 is 0 Å². The van der Waals surface area contributed by atoms with Gasteiger partial charge in [-0.25, -0.2) is 0 Å². The summed E-state index contributed by atoms with van der Waals surface area (Å²) >= 11 is 1.75. The first-order valence-corrected chi connectivity index (χ1v) is 5.71. The molecule has 1 nitrogen and oxygen atoms in total. The van der Waals surface area contributed by atoms with Crippen LogP contribution < -0.4 is 0 Å². The normalized spacial score (nSPS) is 10.0. The van der Waals surface area contributed by atoms with Crippen LogP contribution in [-0.4, -0.2) is 4.98 Å². The predicted octanol–water partition coefficient (Wildman–Crippen LogP) is 3.96. The number of hydrogen-bond acceptors (Lipinski definition) is 2. The van der Waals surface area contributed by atoms with Crippen LogP contribution in [0.3, 0.4) is 0 Å². The Morgan fingerprint density at radius 3 is 2.62 bits per heavy atom. The molecule has 0 aliphatic heterocycles. The van der Waals surface area contributed by atoms with Crippen molar-refractivity contribution in [3.8, 4) is 10.4 Å². The van der Waals surface area contributed by atoms with E-state index < -0.39 is 0 Å². The van der Waals surface area contributed by atoms with Gasteiger partial charge < -0.3 is 0 Å². The number of fused-ring (bicyclic) bond motifs is 1. The minimum absolute atomic E-state index is 0. The van der Waals surface area contributed by atoms with Crippen molar-refractivity contribution in [2.24, 2.45) is 0 Å². The standard InChI is InChI=1S/C13H9NS.Zn/c1-4-10-5-2-8-14-13(10)11(6-1)12-7-3-9-15-12;/h1-9H;. The van der Waals surface area contributed by atoms with Gasteiger partial charge in [0.05, 0.1) is 5.52 Å². The van der Waals surface area contributed by atoms with E-state index in [0.29, 0.717) is 0 Å². The van der Waals surface area contributed by atoms with Crippen molar-refractivity contribution >= 4 is 22.2 Å². The van der Waals surface area contributed by atoms with Gasteiger partial charge in [-0.3, -0.25) is 4.98 Å². The summed E-state index contributed by atoms with van der Waals surface area (Å²) < 4.78 is 0. The number of benzene rings is 1. The predicted molar refractivity (Wildman–Crippen MR) is 65.1 cm³/mol. The molecule has 74 valence electrons. The molecule has 3 heteroatoms. The summed E-state index contributed by atoms with van der Waals surface area (Å²) in [6.07, 6.45) is 1.85. The van der Waals surface area contributed by atoms with Gasteiger partial charge in [-0.15, -0.1) is 11.3 Å². The minimum atomic E-state index is 0. The van der Waals surface area contributed by atoms with E-state index in [-0.39, 0.29) is 19.5 Å². The van der Waals surface area contributed by atoms with Gasteiger partial charge in [-0.1, -0.05) is 30.3 Å². The summed E-state index contributed by atoms with van der Waals surface area (Å²) in [6, 6.07) is 14.6. The smallest absolute Gasteiger partial charge is 0.0788 e. The van der Waals surface area contributed by atoms with E-state index >= 15 is 0 Å². The van der Waals surface area contributed by atoms with Crippen LogP contribution in [0, 0.1) is 0 Å². The summed E-state index contributed by atoms with van der Waals surface area (Å²) in [5, 5.41) is 3.29. The van der Waals surface area contributed by atoms with Crippen molar-refractivity contribution in [2.45, 2.75) is 0 Å². The molecule has 1 aromatic carbocycles. The first-order valence-electron chi connectivity index (χ1n) is 4.83. The zero-order valence-electron chi connectivity index (χ0n) is 8.76. The Kier molecular flexibility index (Phi) is 3.47. The van der Waals surface area contributed by atoms with E-state index in [1.807, 2.05) is 12.3 Å². The largest absolute Gasteiger partial charge is 0.256 e. The molecular formula is C13H9NSZn. The van der Waals surface area contributed by atoms with Gasteiger partial charge in [0.1, 0.15) is 0 Å². The molecule has 3 rings (SSSR count). The maximum atomic E-state index is 4.44. The molecule has 0 spiro atoms. The monoisotopic (exact) mass is 275 g/mol. The molecule has 0 fully saturated rings. The van der Waals surface area contributed by atoms with Crippen molar-refractivity contribution in [3.05, 3.63) is 54.0 Å². The third-order valence-corrected chi connectivity index (χ3v) is 3.32. The van der Waals surface area contributed by atoms with Crippen LogP contribution in [0.2, 0.25) is 0 Å². The van der Waals surface area contributed by atoms with Crippen molar-refractivity contribution in [2.75, 3.05) is 0 Å². The number of nitrogens with zero attached hydrogens (tertiary/aromatic N) is 1. The summed E-state index contributed by atoms with van der Waals surface area (Å²) in [5.41, 5.74) is 2.31. The Morgan fingerprint density at radius 2 is 1.81 bits per heavy atom. The molecular weight excluding hydrogens is 268 g/mol. The van der Waals surface area contributed by atoms with E-state index in [1.54, 1.807) is 11.3 Å². The summed E-state index contributed by atoms with van der Waals surface area (Å²) in [5.74, 6) is 0. The molecule has 0 aliphatic carbocycles. The molecule has 0 N–H and O–H groups in total. The van der Waals surface area contributed by atoms with E-state index in [2.05, 4.69) is 46.8 Å². The molecule has 2 aromatic heterocycles. The first kappa shape index (κ1) is 11.4. The van der Waals surface area contributed by atoms with Gasteiger partial charge in [-0.2, -0.15) is 0 Å². The molecule has 0 saturated carbocycles. The third-order valence-electron chi connectivity index (χ3n) is 2.42. The van der Waals surface area contributed by atoms with E-state index in [1.165, 1.54) is 15.8 Å².